The number of carbonyl (C=O) groups excluding carboxylic acids is 1. The van der Waals surface area contributed by atoms with Crippen molar-refractivity contribution >= 4 is 26.7 Å². The first-order valence-electron chi connectivity index (χ1n) is 6.48. The van der Waals surface area contributed by atoms with E-state index in [4.69, 9.17) is 11.6 Å². The van der Waals surface area contributed by atoms with Gasteiger partial charge in [0.1, 0.15) is 5.69 Å². The fraction of sp³-hybridized carbons (Fsp3) is 0.667. The van der Waals surface area contributed by atoms with E-state index in [-0.39, 0.29) is 17.5 Å². The van der Waals surface area contributed by atoms with Crippen LogP contribution in [0.4, 0.5) is 0 Å². The molecule has 19 heavy (non-hydrogen) atoms. The van der Waals surface area contributed by atoms with Crippen molar-refractivity contribution in [2.45, 2.75) is 38.1 Å². The molecule has 7 heteroatoms. The number of nitrogens with zero attached hydrogens (tertiary/aromatic N) is 2. The van der Waals surface area contributed by atoms with Crippen LogP contribution < -0.4 is 0 Å². The van der Waals surface area contributed by atoms with Gasteiger partial charge in [0, 0.05) is 11.3 Å². The van der Waals surface area contributed by atoms with Crippen molar-refractivity contribution in [3.63, 3.8) is 0 Å². The van der Waals surface area contributed by atoms with Gasteiger partial charge in [-0.25, -0.2) is 8.42 Å². The van der Waals surface area contributed by atoms with E-state index >= 15 is 0 Å². The Kier molecular flexibility index (Phi) is 3.17. The Morgan fingerprint density at radius 1 is 1.32 bits per heavy atom. The topological polar surface area (TPSA) is 69.0 Å². The molecule has 1 aliphatic carbocycles. The number of fused-ring (bicyclic) bond motifs is 1. The second-order valence-corrected chi connectivity index (χ2v) is 7.83. The summed E-state index contributed by atoms with van der Waals surface area (Å²) in [5, 5.41) is 3.77. The molecule has 1 saturated heterocycles. The van der Waals surface area contributed by atoms with Gasteiger partial charge < -0.3 is 0 Å². The highest BCUT2D eigenvalue weighted by molar-refractivity contribution is 7.91. The maximum Gasteiger partial charge on any atom is 0.273 e. The van der Waals surface area contributed by atoms with Gasteiger partial charge in [-0.3, -0.25) is 9.48 Å². The van der Waals surface area contributed by atoms with Crippen molar-refractivity contribution in [3.05, 3.63) is 17.0 Å². The quantitative estimate of drug-likeness (QED) is 0.776. The molecule has 104 valence electrons. The van der Waals surface area contributed by atoms with E-state index in [9.17, 15) is 13.2 Å². The highest BCUT2D eigenvalue weighted by Crippen LogP contribution is 2.31. The zero-order chi connectivity index (χ0) is 13.6. The average Bonchev–Trinajstić information content (AvgIpc) is 2.89. The van der Waals surface area contributed by atoms with Crippen molar-refractivity contribution < 1.29 is 13.2 Å². The summed E-state index contributed by atoms with van der Waals surface area (Å²) in [6, 6.07) is -0.137. The number of carbonyl (C=O) groups is 1. The maximum absolute atomic E-state index is 11.6. The third kappa shape index (κ3) is 2.31. The number of sulfone groups is 1. The summed E-state index contributed by atoms with van der Waals surface area (Å²) >= 11 is 5.58. The van der Waals surface area contributed by atoms with Gasteiger partial charge in [-0.05, 0) is 43.7 Å². The minimum Gasteiger partial charge on any atom is -0.274 e. The summed E-state index contributed by atoms with van der Waals surface area (Å²) < 4.78 is 24.9. The summed E-state index contributed by atoms with van der Waals surface area (Å²) in [6.07, 6.45) is 4.31. The monoisotopic (exact) mass is 302 g/mol. The van der Waals surface area contributed by atoms with Crippen molar-refractivity contribution in [1.29, 1.82) is 0 Å². The summed E-state index contributed by atoms with van der Waals surface area (Å²) in [7, 11) is -2.96. The molecule has 0 N–H and O–H groups in total. The molecule has 2 aliphatic rings. The van der Waals surface area contributed by atoms with Gasteiger partial charge in [-0.2, -0.15) is 5.10 Å². The number of rotatable bonds is 2. The molecule has 1 fully saturated rings. The van der Waals surface area contributed by atoms with E-state index in [2.05, 4.69) is 5.10 Å². The van der Waals surface area contributed by atoms with Crippen LogP contribution in [0.15, 0.2) is 0 Å². The van der Waals surface area contributed by atoms with E-state index in [1.54, 1.807) is 4.68 Å². The molecule has 0 bridgehead atoms. The number of aromatic nitrogens is 2. The maximum atomic E-state index is 11.6. The third-order valence-electron chi connectivity index (χ3n) is 3.95. The smallest absolute Gasteiger partial charge is 0.273 e. The lowest BCUT2D eigenvalue weighted by Crippen LogP contribution is -2.17. The van der Waals surface area contributed by atoms with E-state index in [1.165, 1.54) is 0 Å². The van der Waals surface area contributed by atoms with Crippen LogP contribution in [0.25, 0.3) is 0 Å². The minimum absolute atomic E-state index is 0.122. The highest BCUT2D eigenvalue weighted by atomic mass is 35.5. The lowest BCUT2D eigenvalue weighted by molar-refractivity contribution is 0.107. The molecule has 3 rings (SSSR count). The highest BCUT2D eigenvalue weighted by Gasteiger charge is 2.34. The minimum atomic E-state index is -2.96. The van der Waals surface area contributed by atoms with Crippen LogP contribution in [0, 0.1) is 0 Å². The molecule has 0 spiro atoms. The van der Waals surface area contributed by atoms with Crippen LogP contribution in [0.1, 0.15) is 47.1 Å². The second-order valence-electron chi connectivity index (χ2n) is 5.26. The molecule has 0 aromatic carbocycles. The van der Waals surface area contributed by atoms with Gasteiger partial charge >= 0.3 is 0 Å². The molecular weight excluding hydrogens is 288 g/mol. The number of hydrogen-bond acceptors (Lipinski definition) is 4. The Morgan fingerprint density at radius 3 is 2.68 bits per heavy atom. The zero-order valence-electron chi connectivity index (χ0n) is 10.4. The largest absolute Gasteiger partial charge is 0.274 e. The first-order chi connectivity index (χ1) is 8.98. The number of hydrogen-bond donors (Lipinski definition) is 0. The lowest BCUT2D eigenvalue weighted by Gasteiger charge is -2.17. The van der Waals surface area contributed by atoms with Gasteiger partial charge in [-0.1, -0.05) is 0 Å². The molecule has 0 radical (unpaired) electrons. The molecular formula is C12H15ClN2O3S. The van der Waals surface area contributed by atoms with Crippen LogP contribution in [0.3, 0.4) is 0 Å². The molecule has 5 nitrogen and oxygen atoms in total. The fourth-order valence-electron chi connectivity index (χ4n) is 3.05. The average molecular weight is 303 g/mol. The van der Waals surface area contributed by atoms with Crippen LogP contribution in [-0.2, 0) is 22.7 Å². The van der Waals surface area contributed by atoms with E-state index < -0.39 is 15.1 Å². The summed E-state index contributed by atoms with van der Waals surface area (Å²) in [5.41, 5.74) is 2.26. The SMILES string of the molecule is O=C(Cl)c1nn([C@H]2CCS(=O)(=O)C2)c2c1CCCC2. The summed E-state index contributed by atoms with van der Waals surface area (Å²) in [5.74, 6) is 0.327. The Balaban J connectivity index is 2.05. The normalized spacial score (nSPS) is 25.2. The Bertz CT molecular complexity index is 636. The van der Waals surface area contributed by atoms with E-state index in [0.29, 0.717) is 12.1 Å². The van der Waals surface area contributed by atoms with Gasteiger partial charge in [0.2, 0.25) is 0 Å². The van der Waals surface area contributed by atoms with Gasteiger partial charge in [0.05, 0.1) is 17.5 Å². The molecule has 1 aromatic heterocycles. The lowest BCUT2D eigenvalue weighted by atomic mass is 9.95. The van der Waals surface area contributed by atoms with Gasteiger partial charge in [-0.15, -0.1) is 0 Å². The molecule has 1 aliphatic heterocycles. The van der Waals surface area contributed by atoms with E-state index in [0.717, 1.165) is 36.9 Å². The van der Waals surface area contributed by atoms with Gasteiger partial charge in [0.15, 0.2) is 9.84 Å². The first kappa shape index (κ1) is 13.1. The van der Waals surface area contributed by atoms with Crippen LogP contribution in [-0.4, -0.2) is 34.9 Å². The molecule has 0 saturated carbocycles. The predicted octanol–water partition coefficient (Wildman–Crippen LogP) is 1.50. The Hall–Kier alpha value is -0.880. The van der Waals surface area contributed by atoms with E-state index in [1.807, 2.05) is 0 Å². The number of halogens is 1. The Morgan fingerprint density at radius 2 is 2.05 bits per heavy atom. The summed E-state index contributed by atoms with van der Waals surface area (Å²) in [6.45, 7) is 0. The fourth-order valence-corrected chi connectivity index (χ4v) is 4.90. The van der Waals surface area contributed by atoms with Crippen molar-refractivity contribution in [3.8, 4) is 0 Å². The molecule has 1 aromatic rings. The Labute approximate surface area is 116 Å². The van der Waals surface area contributed by atoms with Crippen LogP contribution in [0.2, 0.25) is 0 Å². The van der Waals surface area contributed by atoms with Crippen LogP contribution >= 0.6 is 11.6 Å². The third-order valence-corrected chi connectivity index (χ3v) is 5.88. The standard InChI is InChI=1S/C12H15ClN2O3S/c13-12(16)11-9-3-1-2-4-10(9)15(14-11)8-5-6-19(17,18)7-8/h8H,1-7H2/t8-/m0/s1. The first-order valence-corrected chi connectivity index (χ1v) is 8.68. The predicted molar refractivity (Wildman–Crippen MR) is 71.4 cm³/mol. The second kappa shape index (κ2) is 4.59. The van der Waals surface area contributed by atoms with Crippen molar-refractivity contribution in [2.75, 3.05) is 11.5 Å². The van der Waals surface area contributed by atoms with Crippen molar-refractivity contribution in [1.82, 2.24) is 9.78 Å². The zero-order valence-corrected chi connectivity index (χ0v) is 12.0. The molecule has 1 atom stereocenters. The molecule has 2 heterocycles. The summed E-state index contributed by atoms with van der Waals surface area (Å²) in [4.78, 5) is 11.4. The van der Waals surface area contributed by atoms with Gasteiger partial charge in [0.25, 0.3) is 5.24 Å². The molecule has 0 amide bonds. The van der Waals surface area contributed by atoms with Crippen LogP contribution in [0.5, 0.6) is 0 Å². The van der Waals surface area contributed by atoms with Crippen molar-refractivity contribution in [2.24, 2.45) is 0 Å². The molecule has 0 unspecified atom stereocenters.